The molecule has 2 N–H and O–H groups in total. The summed E-state index contributed by atoms with van der Waals surface area (Å²) in [6.07, 6.45) is 4.40. The molecule has 0 unspecified atom stereocenters. The number of amides is 1. The van der Waals surface area contributed by atoms with E-state index in [0.29, 0.717) is 0 Å². The number of benzene rings is 1. The molecule has 0 bridgehead atoms. The lowest BCUT2D eigenvalue weighted by Crippen LogP contribution is -2.38. The van der Waals surface area contributed by atoms with Gasteiger partial charge in [-0.1, -0.05) is 18.2 Å². The van der Waals surface area contributed by atoms with Crippen LogP contribution in [0.3, 0.4) is 0 Å². The van der Waals surface area contributed by atoms with Crippen LogP contribution in [0, 0.1) is 6.92 Å². The van der Waals surface area contributed by atoms with Gasteiger partial charge >= 0.3 is 0 Å². The van der Waals surface area contributed by atoms with Crippen molar-refractivity contribution in [3.05, 3.63) is 51.5 Å². The van der Waals surface area contributed by atoms with Crippen LogP contribution in [0.5, 0.6) is 0 Å². The first-order valence-corrected chi connectivity index (χ1v) is 9.72. The van der Waals surface area contributed by atoms with E-state index in [2.05, 4.69) is 53.4 Å². The maximum absolute atomic E-state index is 12.9. The van der Waals surface area contributed by atoms with Crippen molar-refractivity contribution < 1.29 is 4.79 Å². The molecular weight excluding hydrogens is 330 g/mol. The topological polar surface area (TPSA) is 46.1 Å². The lowest BCUT2D eigenvalue weighted by Gasteiger charge is -2.27. The Kier molecular flexibility index (Phi) is 3.22. The zero-order chi connectivity index (χ0) is 17.1. The molecule has 0 saturated carbocycles. The van der Waals surface area contributed by atoms with Crippen LogP contribution in [0.25, 0.3) is 10.9 Å². The Morgan fingerprint density at radius 2 is 1.96 bits per heavy atom. The minimum atomic E-state index is -0.175. The van der Waals surface area contributed by atoms with E-state index < -0.39 is 0 Å². The number of para-hydroxylation sites is 1. The van der Waals surface area contributed by atoms with Gasteiger partial charge in [-0.2, -0.15) is 0 Å². The van der Waals surface area contributed by atoms with Crippen molar-refractivity contribution >= 4 is 33.1 Å². The van der Waals surface area contributed by atoms with Crippen LogP contribution in [0.15, 0.2) is 24.3 Å². The Morgan fingerprint density at radius 1 is 1.16 bits per heavy atom. The number of aryl methyl sites for hydroxylation is 2. The number of nitrogens with one attached hydrogen (secondary N) is 2. The van der Waals surface area contributed by atoms with Gasteiger partial charge < -0.3 is 15.2 Å². The van der Waals surface area contributed by atoms with Crippen LogP contribution in [0.4, 0.5) is 5.00 Å². The number of fused-ring (bicyclic) bond motifs is 4. The van der Waals surface area contributed by atoms with Gasteiger partial charge in [0, 0.05) is 34.1 Å². The SMILES string of the molecule is Cc1c([C@H]2NC(=O)c3c(sc4c3CCCC4)N2)c2ccccc2n1C. The van der Waals surface area contributed by atoms with E-state index in [9.17, 15) is 4.79 Å². The van der Waals surface area contributed by atoms with E-state index in [1.165, 1.54) is 45.4 Å². The smallest absolute Gasteiger partial charge is 0.256 e. The van der Waals surface area contributed by atoms with Gasteiger partial charge in [-0.3, -0.25) is 4.79 Å². The average molecular weight is 351 g/mol. The molecular formula is C20H21N3OS. The number of carbonyl (C=O) groups excluding carboxylic acids is 1. The Morgan fingerprint density at radius 3 is 2.84 bits per heavy atom. The number of aromatic nitrogens is 1. The van der Waals surface area contributed by atoms with Gasteiger partial charge in [0.15, 0.2) is 0 Å². The number of hydrogen-bond donors (Lipinski definition) is 2. The minimum Gasteiger partial charge on any atom is -0.353 e. The molecule has 5 heteroatoms. The quantitative estimate of drug-likeness (QED) is 0.687. The van der Waals surface area contributed by atoms with Crippen molar-refractivity contribution in [3.8, 4) is 0 Å². The fraction of sp³-hybridized carbons (Fsp3) is 0.350. The Balaban J connectivity index is 1.63. The van der Waals surface area contributed by atoms with Gasteiger partial charge in [0.25, 0.3) is 5.91 Å². The zero-order valence-electron chi connectivity index (χ0n) is 14.5. The molecule has 1 atom stereocenters. The van der Waals surface area contributed by atoms with Crippen LogP contribution in [0.2, 0.25) is 0 Å². The highest BCUT2D eigenvalue weighted by molar-refractivity contribution is 7.16. The molecule has 1 aliphatic heterocycles. The molecule has 4 nitrogen and oxygen atoms in total. The summed E-state index contributed by atoms with van der Waals surface area (Å²) in [6.45, 7) is 2.12. The summed E-state index contributed by atoms with van der Waals surface area (Å²) in [4.78, 5) is 14.3. The number of hydrogen-bond acceptors (Lipinski definition) is 3. The highest BCUT2D eigenvalue weighted by atomic mass is 32.1. The fourth-order valence-electron chi connectivity index (χ4n) is 4.34. The third kappa shape index (κ3) is 2.08. The van der Waals surface area contributed by atoms with Crippen LogP contribution < -0.4 is 10.6 Å². The molecule has 5 rings (SSSR count). The number of rotatable bonds is 1. The van der Waals surface area contributed by atoms with Crippen LogP contribution in [-0.2, 0) is 19.9 Å². The summed E-state index contributed by atoms with van der Waals surface area (Å²) in [5.74, 6) is 0.0745. The molecule has 2 aromatic heterocycles. The summed E-state index contributed by atoms with van der Waals surface area (Å²) in [5.41, 5.74) is 5.73. The van der Waals surface area contributed by atoms with Gasteiger partial charge in [-0.05, 0) is 44.2 Å². The van der Waals surface area contributed by atoms with Crippen molar-refractivity contribution in [2.45, 2.75) is 38.8 Å². The average Bonchev–Trinajstić information content (AvgIpc) is 3.11. The first kappa shape index (κ1) is 15.0. The largest absolute Gasteiger partial charge is 0.353 e. The van der Waals surface area contributed by atoms with Gasteiger partial charge in [0.05, 0.1) is 5.56 Å². The standard InChI is InChI=1S/C20H21N3OS/c1-11-16(12-7-3-5-9-14(12)23(11)2)18-21-19(24)17-13-8-4-6-10-15(13)25-20(17)22-18/h3,5,7,9,18,22H,4,6,8,10H2,1-2H3,(H,21,24)/t18-/m0/s1. The Bertz CT molecular complexity index is 1010. The van der Waals surface area contributed by atoms with E-state index in [-0.39, 0.29) is 12.1 Å². The maximum atomic E-state index is 12.9. The van der Waals surface area contributed by atoms with E-state index in [4.69, 9.17) is 0 Å². The summed E-state index contributed by atoms with van der Waals surface area (Å²) in [6, 6.07) is 8.39. The number of nitrogens with zero attached hydrogens (tertiary/aromatic N) is 1. The van der Waals surface area contributed by atoms with Gasteiger partial charge in [0.1, 0.15) is 11.2 Å². The Labute approximate surface area is 150 Å². The van der Waals surface area contributed by atoms with Gasteiger partial charge in [-0.25, -0.2) is 0 Å². The highest BCUT2D eigenvalue weighted by Crippen LogP contribution is 2.42. The third-order valence-electron chi connectivity index (χ3n) is 5.69. The van der Waals surface area contributed by atoms with Crippen molar-refractivity contribution in [1.82, 2.24) is 9.88 Å². The molecule has 25 heavy (non-hydrogen) atoms. The summed E-state index contributed by atoms with van der Waals surface area (Å²) >= 11 is 1.78. The minimum absolute atomic E-state index is 0.0745. The molecule has 1 aliphatic carbocycles. The summed E-state index contributed by atoms with van der Waals surface area (Å²) < 4.78 is 2.20. The van der Waals surface area contributed by atoms with Crippen molar-refractivity contribution in [2.24, 2.45) is 7.05 Å². The lowest BCUT2D eigenvalue weighted by molar-refractivity contribution is 0.0935. The van der Waals surface area contributed by atoms with Crippen molar-refractivity contribution in [1.29, 1.82) is 0 Å². The normalized spacial score (nSPS) is 19.3. The first-order chi connectivity index (χ1) is 12.1. The van der Waals surface area contributed by atoms with Crippen molar-refractivity contribution in [3.63, 3.8) is 0 Å². The molecule has 0 saturated heterocycles. The number of thiophene rings is 1. The first-order valence-electron chi connectivity index (χ1n) is 8.91. The molecule has 3 heterocycles. The summed E-state index contributed by atoms with van der Waals surface area (Å²) in [5, 5.41) is 9.08. The molecule has 0 radical (unpaired) electrons. The predicted molar refractivity (Wildman–Crippen MR) is 102 cm³/mol. The molecule has 0 fully saturated rings. The summed E-state index contributed by atoms with van der Waals surface area (Å²) in [7, 11) is 2.08. The van der Waals surface area contributed by atoms with E-state index in [1.807, 2.05) is 0 Å². The van der Waals surface area contributed by atoms with E-state index in [1.54, 1.807) is 11.3 Å². The fourth-order valence-corrected chi connectivity index (χ4v) is 5.65. The molecule has 1 aromatic carbocycles. The van der Waals surface area contributed by atoms with Crippen LogP contribution >= 0.6 is 11.3 Å². The monoisotopic (exact) mass is 351 g/mol. The third-order valence-corrected chi connectivity index (χ3v) is 6.91. The lowest BCUT2D eigenvalue weighted by atomic mass is 9.94. The molecule has 1 amide bonds. The number of carbonyl (C=O) groups is 1. The second-order valence-electron chi connectivity index (χ2n) is 7.04. The van der Waals surface area contributed by atoms with Crippen LogP contribution in [0.1, 0.15) is 51.1 Å². The Hall–Kier alpha value is -2.27. The molecule has 128 valence electrons. The predicted octanol–water partition coefficient (Wildman–Crippen LogP) is 4.28. The van der Waals surface area contributed by atoms with E-state index >= 15 is 0 Å². The number of anilines is 1. The van der Waals surface area contributed by atoms with Crippen molar-refractivity contribution in [2.75, 3.05) is 5.32 Å². The van der Waals surface area contributed by atoms with E-state index in [0.717, 1.165) is 23.4 Å². The van der Waals surface area contributed by atoms with Gasteiger partial charge in [-0.15, -0.1) is 11.3 Å². The molecule has 3 aromatic rings. The molecule has 0 spiro atoms. The zero-order valence-corrected chi connectivity index (χ0v) is 15.3. The second-order valence-corrected chi connectivity index (χ2v) is 8.15. The maximum Gasteiger partial charge on any atom is 0.256 e. The second kappa shape index (κ2) is 5.36. The highest BCUT2D eigenvalue weighted by Gasteiger charge is 2.33. The van der Waals surface area contributed by atoms with Crippen LogP contribution in [-0.4, -0.2) is 10.5 Å². The van der Waals surface area contributed by atoms with Gasteiger partial charge in [0.2, 0.25) is 0 Å². The molecule has 2 aliphatic rings.